The number of alkyl halides is 2. The van der Waals surface area contributed by atoms with Crippen molar-refractivity contribution in [2.45, 2.75) is 38.7 Å². The van der Waals surface area contributed by atoms with Crippen LogP contribution in [0.1, 0.15) is 42.9 Å². The minimum atomic E-state index is -2.95. The highest BCUT2D eigenvalue weighted by Gasteiger charge is 2.34. The van der Waals surface area contributed by atoms with Crippen LogP contribution in [-0.4, -0.2) is 39.0 Å². The first-order chi connectivity index (χ1) is 16.4. The molecule has 2 N–H and O–H groups in total. The molecule has 0 unspecified atom stereocenters. The average molecular weight is 466 g/mol. The van der Waals surface area contributed by atoms with Crippen molar-refractivity contribution < 1.29 is 23.4 Å². The number of nitrogens with one attached hydrogen (secondary N) is 1. The second kappa shape index (κ2) is 9.00. The van der Waals surface area contributed by atoms with Gasteiger partial charge >= 0.3 is 6.61 Å². The number of halogens is 2. The van der Waals surface area contributed by atoms with Crippen molar-refractivity contribution in [3.63, 3.8) is 0 Å². The Balaban J connectivity index is 1.60. The summed E-state index contributed by atoms with van der Waals surface area (Å²) in [4.78, 5) is 4.58. The van der Waals surface area contributed by atoms with E-state index in [0.717, 1.165) is 11.3 Å². The Morgan fingerprint density at radius 3 is 2.53 bits per heavy atom. The molecule has 7 nitrogen and oxygen atoms in total. The number of para-hydroxylation sites is 1. The highest BCUT2D eigenvalue weighted by molar-refractivity contribution is 5.62. The van der Waals surface area contributed by atoms with E-state index >= 15 is 0 Å². The number of fused-ring (bicyclic) bond motifs is 3. The van der Waals surface area contributed by atoms with Crippen LogP contribution in [0.5, 0.6) is 11.5 Å². The normalized spacial score (nSPS) is 17.9. The minimum absolute atomic E-state index is 0.0594. The van der Waals surface area contributed by atoms with E-state index in [4.69, 9.17) is 14.6 Å². The number of β-amino-alcohol motifs (C(OH)–C–C–N with tert-alkyl or cyclic N) is 1. The number of aliphatic hydroxyl groups excluding tert-OH is 1. The monoisotopic (exact) mass is 466 g/mol. The van der Waals surface area contributed by atoms with Crippen molar-refractivity contribution in [1.82, 2.24) is 19.9 Å². The molecule has 1 aliphatic rings. The summed E-state index contributed by atoms with van der Waals surface area (Å²) in [6.45, 7) is 1.20. The van der Waals surface area contributed by atoms with Crippen molar-refractivity contribution in [3.8, 4) is 22.8 Å². The summed E-state index contributed by atoms with van der Waals surface area (Å²) in [5, 5.41) is 18.6. The number of imidazole rings is 1. The molecule has 1 aliphatic heterocycles. The fourth-order valence-corrected chi connectivity index (χ4v) is 4.22. The standard InChI is InChI=1S/C25H24F2N4O3/c1-14(2)33-16-9-7-15(8-10-16)18-11-12-21-29-23-19(32)13-28-22(24(23)31(21)30-18)17-5-3-4-6-20(17)34-25(26)27/h3-12,14,19,22,25,28,32H,13H2,1-2H3/t19-,22+/m0/s1. The molecule has 9 heteroatoms. The van der Waals surface area contributed by atoms with Gasteiger partial charge in [-0.3, -0.25) is 0 Å². The second-order valence-electron chi connectivity index (χ2n) is 8.34. The van der Waals surface area contributed by atoms with Crippen LogP contribution in [-0.2, 0) is 0 Å². The number of rotatable bonds is 6. The SMILES string of the molecule is CC(C)Oc1ccc(-c2ccc3nc4c(n3n2)[C@@H](c2ccccc2OC(F)F)NC[C@@H]4O)cc1. The van der Waals surface area contributed by atoms with Crippen LogP contribution in [0, 0.1) is 0 Å². The molecule has 3 heterocycles. The van der Waals surface area contributed by atoms with Gasteiger partial charge in [-0.25, -0.2) is 9.50 Å². The molecule has 2 aromatic carbocycles. The lowest BCUT2D eigenvalue weighted by Gasteiger charge is -2.28. The van der Waals surface area contributed by atoms with Gasteiger partial charge < -0.3 is 19.9 Å². The molecule has 0 bridgehead atoms. The molecule has 4 aromatic rings. The first kappa shape index (κ1) is 22.2. The summed E-state index contributed by atoms with van der Waals surface area (Å²) in [6, 6.07) is 17.3. The molecular weight excluding hydrogens is 442 g/mol. The third-order valence-corrected chi connectivity index (χ3v) is 5.61. The molecule has 34 heavy (non-hydrogen) atoms. The molecule has 0 amide bonds. The fraction of sp³-hybridized carbons (Fsp3) is 0.280. The van der Waals surface area contributed by atoms with Gasteiger partial charge in [0.15, 0.2) is 5.65 Å². The lowest BCUT2D eigenvalue weighted by Crippen LogP contribution is -2.35. The summed E-state index contributed by atoms with van der Waals surface area (Å²) in [5.41, 5.74) is 3.68. The highest BCUT2D eigenvalue weighted by Crippen LogP contribution is 2.37. The van der Waals surface area contributed by atoms with Gasteiger partial charge in [0.2, 0.25) is 0 Å². The molecule has 0 spiro atoms. The lowest BCUT2D eigenvalue weighted by molar-refractivity contribution is -0.0507. The van der Waals surface area contributed by atoms with Crippen LogP contribution < -0.4 is 14.8 Å². The van der Waals surface area contributed by atoms with E-state index in [0.29, 0.717) is 28.3 Å². The molecule has 2 aromatic heterocycles. The van der Waals surface area contributed by atoms with Gasteiger partial charge in [0, 0.05) is 17.7 Å². The first-order valence-corrected chi connectivity index (χ1v) is 11.0. The van der Waals surface area contributed by atoms with Crippen LogP contribution in [0.25, 0.3) is 16.9 Å². The third kappa shape index (κ3) is 4.20. The maximum Gasteiger partial charge on any atom is 0.387 e. The Labute approximate surface area is 195 Å². The minimum Gasteiger partial charge on any atom is -0.491 e. The Morgan fingerprint density at radius 1 is 1.03 bits per heavy atom. The smallest absolute Gasteiger partial charge is 0.387 e. The van der Waals surface area contributed by atoms with Crippen LogP contribution in [0.3, 0.4) is 0 Å². The zero-order chi connectivity index (χ0) is 23.8. The zero-order valence-corrected chi connectivity index (χ0v) is 18.7. The number of aromatic nitrogens is 3. The molecule has 0 fully saturated rings. The topological polar surface area (TPSA) is 80.9 Å². The van der Waals surface area contributed by atoms with Crippen LogP contribution in [0.15, 0.2) is 60.7 Å². The van der Waals surface area contributed by atoms with Crippen molar-refractivity contribution in [1.29, 1.82) is 0 Å². The maximum absolute atomic E-state index is 13.0. The van der Waals surface area contributed by atoms with E-state index in [2.05, 4.69) is 10.3 Å². The van der Waals surface area contributed by atoms with E-state index in [9.17, 15) is 13.9 Å². The summed E-state index contributed by atoms with van der Waals surface area (Å²) in [7, 11) is 0. The van der Waals surface area contributed by atoms with Gasteiger partial charge in [0.25, 0.3) is 0 Å². The molecule has 2 atom stereocenters. The molecule has 0 saturated heterocycles. The molecule has 0 aliphatic carbocycles. The summed E-state index contributed by atoms with van der Waals surface area (Å²) in [6.07, 6.45) is -0.780. The van der Waals surface area contributed by atoms with E-state index in [1.165, 1.54) is 6.07 Å². The predicted octanol–water partition coefficient (Wildman–Crippen LogP) is 4.51. The average Bonchev–Trinajstić information content (AvgIpc) is 3.20. The van der Waals surface area contributed by atoms with Crippen LogP contribution in [0.4, 0.5) is 8.78 Å². The van der Waals surface area contributed by atoms with Crippen molar-refractivity contribution in [2.24, 2.45) is 0 Å². The maximum atomic E-state index is 13.0. The lowest BCUT2D eigenvalue weighted by atomic mass is 9.96. The van der Waals surface area contributed by atoms with Gasteiger partial charge in [0.1, 0.15) is 17.6 Å². The Morgan fingerprint density at radius 2 is 1.79 bits per heavy atom. The van der Waals surface area contributed by atoms with Crippen molar-refractivity contribution >= 4 is 5.65 Å². The van der Waals surface area contributed by atoms with Gasteiger partial charge in [-0.05, 0) is 56.3 Å². The second-order valence-corrected chi connectivity index (χ2v) is 8.34. The van der Waals surface area contributed by atoms with E-state index in [-0.39, 0.29) is 18.4 Å². The van der Waals surface area contributed by atoms with Crippen LogP contribution in [0.2, 0.25) is 0 Å². The number of ether oxygens (including phenoxy) is 2. The summed E-state index contributed by atoms with van der Waals surface area (Å²) >= 11 is 0. The number of benzene rings is 2. The number of aliphatic hydroxyl groups is 1. The van der Waals surface area contributed by atoms with Gasteiger partial charge in [-0.15, -0.1) is 0 Å². The summed E-state index contributed by atoms with van der Waals surface area (Å²) < 4.78 is 38.2. The highest BCUT2D eigenvalue weighted by atomic mass is 19.3. The van der Waals surface area contributed by atoms with Crippen molar-refractivity contribution in [2.75, 3.05) is 6.54 Å². The third-order valence-electron chi connectivity index (χ3n) is 5.61. The largest absolute Gasteiger partial charge is 0.491 e. The quantitative estimate of drug-likeness (QED) is 0.435. The Hall–Kier alpha value is -3.56. The van der Waals surface area contributed by atoms with E-state index in [1.54, 1.807) is 22.7 Å². The molecule has 0 saturated carbocycles. The number of hydrogen-bond donors (Lipinski definition) is 2. The number of hydrogen-bond acceptors (Lipinski definition) is 6. The predicted molar refractivity (Wildman–Crippen MR) is 122 cm³/mol. The Kier molecular flexibility index (Phi) is 5.89. The number of nitrogens with zero attached hydrogens (tertiary/aromatic N) is 3. The molecule has 5 rings (SSSR count). The van der Waals surface area contributed by atoms with Crippen molar-refractivity contribution in [3.05, 3.63) is 77.6 Å². The van der Waals surface area contributed by atoms with E-state index < -0.39 is 18.8 Å². The summed E-state index contributed by atoms with van der Waals surface area (Å²) in [5.74, 6) is 0.826. The molecule has 0 radical (unpaired) electrons. The van der Waals surface area contributed by atoms with Crippen LogP contribution >= 0.6 is 0 Å². The first-order valence-electron chi connectivity index (χ1n) is 11.0. The Bertz CT molecular complexity index is 1310. The van der Waals surface area contributed by atoms with Gasteiger partial charge in [-0.1, -0.05) is 18.2 Å². The van der Waals surface area contributed by atoms with E-state index in [1.807, 2.05) is 50.2 Å². The molecular formula is C25H24F2N4O3. The molecule has 176 valence electrons. The zero-order valence-electron chi connectivity index (χ0n) is 18.7. The van der Waals surface area contributed by atoms with Gasteiger partial charge in [-0.2, -0.15) is 13.9 Å². The van der Waals surface area contributed by atoms with Gasteiger partial charge in [0.05, 0.1) is 29.2 Å². The fourth-order valence-electron chi connectivity index (χ4n) is 4.22.